The number of ether oxygens (including phenoxy) is 2. The number of rotatable bonds is 5. The van der Waals surface area contributed by atoms with Gasteiger partial charge >= 0.3 is 6.01 Å². The van der Waals surface area contributed by atoms with E-state index in [4.69, 9.17) is 26.3 Å². The predicted molar refractivity (Wildman–Crippen MR) is 102 cm³/mol. The van der Waals surface area contributed by atoms with E-state index >= 15 is 0 Å². The number of anilines is 2. The lowest BCUT2D eigenvalue weighted by Gasteiger charge is -2.13. The van der Waals surface area contributed by atoms with Gasteiger partial charge < -0.3 is 14.8 Å². The van der Waals surface area contributed by atoms with Crippen LogP contribution in [0.1, 0.15) is 16.7 Å². The zero-order valence-corrected chi connectivity index (χ0v) is 15.7. The maximum Gasteiger partial charge on any atom is 0.328 e. The minimum absolute atomic E-state index is 0.0140. The molecule has 0 amide bonds. The van der Waals surface area contributed by atoms with E-state index in [0.717, 1.165) is 11.1 Å². The summed E-state index contributed by atoms with van der Waals surface area (Å²) < 4.78 is 11.2. The molecule has 136 valence electrons. The summed E-state index contributed by atoms with van der Waals surface area (Å²) in [5.74, 6) is 1.30. The van der Waals surface area contributed by atoms with E-state index in [1.54, 1.807) is 31.4 Å². The monoisotopic (exact) mass is 381 g/mol. The number of nitriles is 1. The van der Waals surface area contributed by atoms with Crippen LogP contribution in [0.15, 0.2) is 36.4 Å². The van der Waals surface area contributed by atoms with Crippen LogP contribution in [-0.2, 0) is 0 Å². The molecule has 0 saturated heterocycles. The van der Waals surface area contributed by atoms with Gasteiger partial charge in [0.1, 0.15) is 0 Å². The van der Waals surface area contributed by atoms with Crippen LogP contribution in [0.3, 0.4) is 0 Å². The average Bonchev–Trinajstić information content (AvgIpc) is 2.64. The molecule has 1 aromatic heterocycles. The van der Waals surface area contributed by atoms with Crippen LogP contribution >= 0.6 is 11.6 Å². The Bertz CT molecular complexity index is 1020. The topological polar surface area (TPSA) is 93.0 Å². The van der Waals surface area contributed by atoms with Crippen LogP contribution in [-0.4, -0.2) is 22.1 Å². The number of benzene rings is 2. The van der Waals surface area contributed by atoms with Gasteiger partial charge in [-0.2, -0.15) is 20.2 Å². The summed E-state index contributed by atoms with van der Waals surface area (Å²) in [6.45, 7) is 3.88. The third-order valence-corrected chi connectivity index (χ3v) is 3.82. The molecule has 1 N–H and O–H groups in total. The van der Waals surface area contributed by atoms with Crippen molar-refractivity contribution in [1.82, 2.24) is 15.0 Å². The molecule has 0 spiro atoms. The lowest BCUT2D eigenvalue weighted by Crippen LogP contribution is -2.03. The van der Waals surface area contributed by atoms with Crippen LogP contribution in [0.5, 0.6) is 17.5 Å². The van der Waals surface area contributed by atoms with Crippen LogP contribution in [0.25, 0.3) is 0 Å². The van der Waals surface area contributed by atoms with E-state index < -0.39 is 0 Å². The fourth-order valence-electron chi connectivity index (χ4n) is 2.48. The van der Waals surface area contributed by atoms with Crippen molar-refractivity contribution >= 4 is 23.2 Å². The number of hydrogen-bond donors (Lipinski definition) is 1. The maximum atomic E-state index is 8.87. The molecule has 1 heterocycles. The number of halogens is 1. The molecule has 0 saturated carbocycles. The first-order valence-corrected chi connectivity index (χ1v) is 8.38. The quantitative estimate of drug-likeness (QED) is 0.692. The van der Waals surface area contributed by atoms with E-state index in [-0.39, 0.29) is 17.2 Å². The van der Waals surface area contributed by atoms with E-state index in [9.17, 15) is 0 Å². The molecule has 3 aromatic rings. The predicted octanol–water partition coefficient (Wildman–Crippen LogP) is 4.56. The minimum atomic E-state index is -0.0140. The fraction of sp³-hybridized carbons (Fsp3) is 0.158. The van der Waals surface area contributed by atoms with E-state index in [1.165, 1.54) is 0 Å². The third kappa shape index (κ3) is 4.43. The van der Waals surface area contributed by atoms with Crippen molar-refractivity contribution in [2.45, 2.75) is 13.8 Å². The summed E-state index contributed by atoms with van der Waals surface area (Å²) in [6.07, 6.45) is 0. The molecule has 8 heteroatoms. The standard InChI is InChI=1S/C19H16ClN5O2/c1-11-8-12(2)16(15(9-11)26-3)27-19-24-17(20)23-18(25-19)22-14-6-4-13(10-21)5-7-14/h4-9H,1-3H3,(H,22,23,24,25). The Kier molecular flexibility index (Phi) is 5.38. The van der Waals surface area contributed by atoms with Gasteiger partial charge in [0.2, 0.25) is 11.2 Å². The summed E-state index contributed by atoms with van der Waals surface area (Å²) in [4.78, 5) is 12.3. The molecular formula is C19H16ClN5O2. The molecule has 0 unspecified atom stereocenters. The number of hydrogen-bond acceptors (Lipinski definition) is 7. The zero-order chi connectivity index (χ0) is 19.4. The molecule has 27 heavy (non-hydrogen) atoms. The van der Waals surface area contributed by atoms with Gasteiger partial charge in [0.15, 0.2) is 11.5 Å². The summed E-state index contributed by atoms with van der Waals surface area (Å²) in [5.41, 5.74) is 3.19. The van der Waals surface area contributed by atoms with Crippen LogP contribution < -0.4 is 14.8 Å². The summed E-state index contributed by atoms with van der Waals surface area (Å²) >= 11 is 6.01. The Hall–Kier alpha value is -3.37. The highest BCUT2D eigenvalue weighted by Gasteiger charge is 2.14. The summed E-state index contributed by atoms with van der Waals surface area (Å²) in [7, 11) is 1.57. The Morgan fingerprint density at radius 2 is 1.81 bits per heavy atom. The van der Waals surface area contributed by atoms with Gasteiger partial charge in [-0.15, -0.1) is 0 Å². The molecule has 0 aliphatic rings. The maximum absolute atomic E-state index is 8.87. The molecule has 0 radical (unpaired) electrons. The average molecular weight is 382 g/mol. The Balaban J connectivity index is 1.89. The molecule has 0 fully saturated rings. The lowest BCUT2D eigenvalue weighted by molar-refractivity contribution is 0.365. The number of aromatic nitrogens is 3. The summed E-state index contributed by atoms with van der Waals surface area (Å²) in [5, 5.41) is 11.9. The first-order chi connectivity index (χ1) is 13.0. The van der Waals surface area contributed by atoms with Crippen LogP contribution in [0, 0.1) is 25.2 Å². The van der Waals surface area contributed by atoms with Crippen LogP contribution in [0.2, 0.25) is 5.28 Å². The Morgan fingerprint density at radius 3 is 2.48 bits per heavy atom. The molecule has 0 aliphatic carbocycles. The van der Waals surface area contributed by atoms with E-state index in [1.807, 2.05) is 26.0 Å². The van der Waals surface area contributed by atoms with Crippen molar-refractivity contribution < 1.29 is 9.47 Å². The van der Waals surface area contributed by atoms with Crippen molar-refractivity contribution in [3.63, 3.8) is 0 Å². The molecule has 0 aliphatic heterocycles. The van der Waals surface area contributed by atoms with Gasteiger partial charge in [-0.05, 0) is 66.9 Å². The Morgan fingerprint density at radius 1 is 1.07 bits per heavy atom. The van der Waals surface area contributed by atoms with Gasteiger partial charge in [0.25, 0.3) is 0 Å². The number of nitrogens with one attached hydrogen (secondary N) is 1. The second kappa shape index (κ2) is 7.89. The number of methoxy groups -OCH3 is 1. The largest absolute Gasteiger partial charge is 0.493 e. The molecule has 0 bridgehead atoms. The molecule has 7 nitrogen and oxygen atoms in total. The smallest absolute Gasteiger partial charge is 0.328 e. The molecule has 3 rings (SSSR count). The van der Waals surface area contributed by atoms with Gasteiger partial charge in [0, 0.05) is 5.69 Å². The number of nitrogens with zero attached hydrogens (tertiary/aromatic N) is 4. The zero-order valence-electron chi connectivity index (χ0n) is 14.9. The highest BCUT2D eigenvalue weighted by Crippen LogP contribution is 2.35. The SMILES string of the molecule is COc1cc(C)cc(C)c1Oc1nc(Cl)nc(Nc2ccc(C#N)cc2)n1. The van der Waals surface area contributed by atoms with Crippen molar-refractivity contribution in [2.24, 2.45) is 0 Å². The Labute approximate surface area is 161 Å². The summed E-state index contributed by atoms with van der Waals surface area (Å²) in [6, 6.07) is 12.8. The normalized spacial score (nSPS) is 10.2. The van der Waals surface area contributed by atoms with Crippen LogP contribution in [0.4, 0.5) is 11.6 Å². The second-order valence-corrected chi connectivity index (χ2v) is 6.08. The van der Waals surface area contributed by atoms with Gasteiger partial charge in [-0.25, -0.2) is 0 Å². The fourth-order valence-corrected chi connectivity index (χ4v) is 2.63. The highest BCUT2D eigenvalue weighted by atomic mass is 35.5. The van der Waals surface area contributed by atoms with Gasteiger partial charge in [-0.1, -0.05) is 6.07 Å². The van der Waals surface area contributed by atoms with Gasteiger partial charge in [-0.3, -0.25) is 0 Å². The first-order valence-electron chi connectivity index (χ1n) is 8.00. The molecule has 2 aromatic carbocycles. The van der Waals surface area contributed by atoms with E-state index in [0.29, 0.717) is 22.7 Å². The van der Waals surface area contributed by atoms with Gasteiger partial charge in [0.05, 0.1) is 18.7 Å². The first kappa shape index (κ1) is 18.4. The molecule has 0 atom stereocenters. The second-order valence-electron chi connectivity index (χ2n) is 5.74. The van der Waals surface area contributed by atoms with Crippen molar-refractivity contribution in [3.05, 3.63) is 58.4 Å². The third-order valence-electron chi connectivity index (χ3n) is 3.66. The van der Waals surface area contributed by atoms with E-state index in [2.05, 4.69) is 26.3 Å². The lowest BCUT2D eigenvalue weighted by atomic mass is 10.1. The number of aryl methyl sites for hydroxylation is 2. The van der Waals surface area contributed by atoms with Crippen molar-refractivity contribution in [1.29, 1.82) is 5.26 Å². The van der Waals surface area contributed by atoms with Crippen molar-refractivity contribution in [3.8, 4) is 23.6 Å². The highest BCUT2D eigenvalue weighted by molar-refractivity contribution is 6.28. The van der Waals surface area contributed by atoms with Crippen molar-refractivity contribution in [2.75, 3.05) is 12.4 Å². The molecular weight excluding hydrogens is 366 g/mol. The minimum Gasteiger partial charge on any atom is -0.493 e.